The van der Waals surface area contributed by atoms with Crippen molar-refractivity contribution in [2.45, 2.75) is 18.3 Å². The van der Waals surface area contributed by atoms with E-state index in [1.807, 2.05) is 30.3 Å². The summed E-state index contributed by atoms with van der Waals surface area (Å²) in [5.74, 6) is 1.90. The Morgan fingerprint density at radius 1 is 1.04 bits per heavy atom. The van der Waals surface area contributed by atoms with Crippen molar-refractivity contribution in [2.24, 2.45) is 0 Å². The zero-order chi connectivity index (χ0) is 19.1. The quantitative estimate of drug-likeness (QED) is 0.717. The highest BCUT2D eigenvalue weighted by atomic mass is 16.7. The minimum absolute atomic E-state index is 0. The molecule has 1 aliphatic heterocycles. The molecule has 0 bridgehead atoms. The molecular formula is C22H20N2O4. The van der Waals surface area contributed by atoms with Crippen LogP contribution in [0, 0.1) is 0 Å². The van der Waals surface area contributed by atoms with Gasteiger partial charge in [-0.1, -0.05) is 24.3 Å². The number of hydrogen-bond acceptors (Lipinski definition) is 5. The number of nitrogens with one attached hydrogen (secondary N) is 1. The van der Waals surface area contributed by atoms with Crippen LogP contribution in [0.25, 0.3) is 11.3 Å². The maximum atomic E-state index is 13.0. The van der Waals surface area contributed by atoms with Crippen LogP contribution in [0.5, 0.6) is 17.2 Å². The number of hydrogen-bond donors (Lipinski definition) is 2. The first kappa shape index (κ1) is 16.6. The molecule has 2 N–H and O–H groups in total. The molecule has 2 aliphatic rings. The Bertz CT molecular complexity index is 1080. The maximum absolute atomic E-state index is 13.0. The molecular weight excluding hydrogens is 356 g/mol. The number of rotatable bonds is 4. The molecule has 0 unspecified atom stereocenters. The van der Waals surface area contributed by atoms with Crippen LogP contribution in [-0.2, 0) is 10.2 Å². The van der Waals surface area contributed by atoms with Gasteiger partial charge in [0.1, 0.15) is 11.6 Å². The van der Waals surface area contributed by atoms with E-state index in [0.29, 0.717) is 28.6 Å². The monoisotopic (exact) mass is 376 g/mol. The van der Waals surface area contributed by atoms with Crippen molar-refractivity contribution < 1.29 is 20.8 Å². The van der Waals surface area contributed by atoms with Crippen LogP contribution in [-0.4, -0.2) is 22.8 Å². The summed E-state index contributed by atoms with van der Waals surface area (Å²) in [4.78, 5) is 17.5. The maximum Gasteiger partial charge on any atom is 0.236 e. The third-order valence-corrected chi connectivity index (χ3v) is 5.28. The molecule has 2 aromatic carbocycles. The van der Waals surface area contributed by atoms with E-state index in [-0.39, 0.29) is 19.9 Å². The second-order valence-corrected chi connectivity index (χ2v) is 7.03. The van der Waals surface area contributed by atoms with Gasteiger partial charge in [0.2, 0.25) is 12.7 Å². The third-order valence-electron chi connectivity index (χ3n) is 5.28. The number of carbonyl (C=O) groups is 1. The largest absolute Gasteiger partial charge is 0.507 e. The van der Waals surface area contributed by atoms with E-state index < -0.39 is 5.41 Å². The van der Waals surface area contributed by atoms with E-state index in [0.717, 1.165) is 18.4 Å². The third kappa shape index (κ3) is 2.74. The molecule has 1 aliphatic carbocycles. The first-order chi connectivity index (χ1) is 13.7. The van der Waals surface area contributed by atoms with Gasteiger partial charge in [-0.15, -0.1) is 0 Å². The van der Waals surface area contributed by atoms with Crippen LogP contribution in [0.1, 0.15) is 19.8 Å². The van der Waals surface area contributed by atoms with Gasteiger partial charge in [0, 0.05) is 6.99 Å². The molecule has 28 heavy (non-hydrogen) atoms. The standard InChI is InChI=1S/C22H18N2O4.H2/c25-17-6-2-1-4-15(17)16-5-3-7-20(23-16)24-21(26)22(10-11-22)14-8-9-18-19(12-14)28-13-27-18;/h1-9,12,25H,10-11,13H2,(H,23,24,26);1H. The molecule has 1 fully saturated rings. The Hall–Kier alpha value is -3.54. The van der Waals surface area contributed by atoms with Crippen LogP contribution >= 0.6 is 0 Å². The lowest BCUT2D eigenvalue weighted by atomic mass is 9.94. The number of aromatic hydroxyl groups is 1. The van der Waals surface area contributed by atoms with Crippen LogP contribution in [0.2, 0.25) is 0 Å². The van der Waals surface area contributed by atoms with Crippen molar-refractivity contribution in [3.05, 3.63) is 66.2 Å². The van der Waals surface area contributed by atoms with Gasteiger partial charge in [-0.3, -0.25) is 4.79 Å². The predicted molar refractivity (Wildman–Crippen MR) is 106 cm³/mol. The molecule has 0 atom stereocenters. The number of fused-ring (bicyclic) bond motifs is 1. The predicted octanol–water partition coefficient (Wildman–Crippen LogP) is 4.10. The number of anilines is 1. The first-order valence-corrected chi connectivity index (χ1v) is 9.13. The Morgan fingerprint density at radius 2 is 1.86 bits per heavy atom. The van der Waals surface area contributed by atoms with E-state index in [1.165, 1.54) is 0 Å². The Morgan fingerprint density at radius 3 is 2.68 bits per heavy atom. The normalized spacial score (nSPS) is 15.9. The summed E-state index contributed by atoms with van der Waals surface area (Å²) in [5.41, 5.74) is 1.58. The number of phenols is 1. The van der Waals surface area contributed by atoms with Gasteiger partial charge in [0.25, 0.3) is 0 Å². The van der Waals surface area contributed by atoms with Crippen molar-refractivity contribution in [1.82, 2.24) is 4.98 Å². The highest BCUT2D eigenvalue weighted by molar-refractivity contribution is 6.01. The summed E-state index contributed by atoms with van der Waals surface area (Å²) in [5, 5.41) is 13.0. The van der Waals surface area contributed by atoms with E-state index in [9.17, 15) is 9.90 Å². The molecule has 1 aromatic heterocycles. The van der Waals surface area contributed by atoms with Gasteiger partial charge >= 0.3 is 0 Å². The SMILES string of the molecule is O=C(Nc1cccc(-c2ccccc2O)n1)C1(c2ccc3c(c2)OCO3)CC1.[HH]. The zero-order valence-electron chi connectivity index (χ0n) is 15.0. The number of nitrogens with zero attached hydrogens (tertiary/aromatic N) is 1. The molecule has 1 saturated carbocycles. The second-order valence-electron chi connectivity index (χ2n) is 7.03. The Kier molecular flexibility index (Phi) is 3.72. The molecule has 6 nitrogen and oxygen atoms in total. The van der Waals surface area contributed by atoms with Crippen molar-refractivity contribution in [3.63, 3.8) is 0 Å². The Balaban J connectivity index is 0.00000205. The highest BCUT2D eigenvalue weighted by Gasteiger charge is 2.51. The lowest BCUT2D eigenvalue weighted by Gasteiger charge is -2.16. The molecule has 3 aromatic rings. The Labute approximate surface area is 163 Å². The minimum atomic E-state index is -0.562. The van der Waals surface area contributed by atoms with E-state index in [2.05, 4.69) is 10.3 Å². The number of aromatic nitrogens is 1. The summed E-state index contributed by atoms with van der Waals surface area (Å²) in [7, 11) is 0. The molecule has 1 amide bonds. The second kappa shape index (κ2) is 6.27. The molecule has 5 rings (SSSR count). The number of amides is 1. The van der Waals surface area contributed by atoms with Crippen molar-refractivity contribution in [1.29, 1.82) is 0 Å². The number of benzene rings is 2. The van der Waals surface area contributed by atoms with E-state index >= 15 is 0 Å². The highest BCUT2D eigenvalue weighted by Crippen LogP contribution is 2.51. The van der Waals surface area contributed by atoms with E-state index in [1.54, 1.807) is 30.3 Å². The average molecular weight is 376 g/mol. The number of pyridine rings is 1. The molecule has 0 spiro atoms. The van der Waals surface area contributed by atoms with Crippen LogP contribution < -0.4 is 14.8 Å². The van der Waals surface area contributed by atoms with Gasteiger partial charge in [0.15, 0.2) is 11.5 Å². The minimum Gasteiger partial charge on any atom is -0.507 e. The summed E-state index contributed by atoms with van der Waals surface area (Å²) < 4.78 is 10.8. The lowest BCUT2D eigenvalue weighted by Crippen LogP contribution is -2.28. The van der Waals surface area contributed by atoms with Gasteiger partial charge in [0.05, 0.1) is 11.1 Å². The fourth-order valence-corrected chi connectivity index (χ4v) is 3.55. The van der Waals surface area contributed by atoms with Crippen molar-refractivity contribution in [3.8, 4) is 28.5 Å². The van der Waals surface area contributed by atoms with E-state index in [4.69, 9.17) is 9.47 Å². The molecule has 0 radical (unpaired) electrons. The lowest BCUT2D eigenvalue weighted by molar-refractivity contribution is -0.118. The summed E-state index contributed by atoms with van der Waals surface area (Å²) in [6.45, 7) is 0.209. The molecule has 142 valence electrons. The molecule has 0 saturated heterocycles. The van der Waals surface area contributed by atoms with Crippen LogP contribution in [0.15, 0.2) is 60.7 Å². The first-order valence-electron chi connectivity index (χ1n) is 9.13. The van der Waals surface area contributed by atoms with Crippen molar-refractivity contribution >= 4 is 11.7 Å². The fraction of sp³-hybridized carbons (Fsp3) is 0.182. The van der Waals surface area contributed by atoms with Gasteiger partial charge in [-0.2, -0.15) is 0 Å². The number of ether oxygens (including phenoxy) is 2. The van der Waals surface area contributed by atoms with Crippen LogP contribution in [0.4, 0.5) is 5.82 Å². The van der Waals surface area contributed by atoms with Crippen LogP contribution in [0.3, 0.4) is 0 Å². The summed E-state index contributed by atoms with van der Waals surface area (Å²) >= 11 is 0. The van der Waals surface area contributed by atoms with Gasteiger partial charge in [-0.05, 0) is 54.8 Å². The topological polar surface area (TPSA) is 80.7 Å². The zero-order valence-corrected chi connectivity index (χ0v) is 15.0. The van der Waals surface area contributed by atoms with Gasteiger partial charge < -0.3 is 19.9 Å². The van der Waals surface area contributed by atoms with Gasteiger partial charge in [-0.25, -0.2) is 4.98 Å². The fourth-order valence-electron chi connectivity index (χ4n) is 3.55. The number of carbonyl (C=O) groups excluding carboxylic acids is 1. The summed E-state index contributed by atoms with van der Waals surface area (Å²) in [6, 6.07) is 18.0. The smallest absolute Gasteiger partial charge is 0.236 e. The average Bonchev–Trinajstić information content (AvgIpc) is 3.40. The number of para-hydroxylation sites is 1. The molecule has 2 heterocycles. The summed E-state index contributed by atoms with van der Waals surface area (Å²) in [6.07, 6.45) is 1.55. The molecule has 6 heteroatoms. The van der Waals surface area contributed by atoms with Crippen molar-refractivity contribution in [2.75, 3.05) is 12.1 Å². The number of phenolic OH excluding ortho intramolecular Hbond substituents is 1.